The molecule has 1 amide bonds. The van der Waals surface area contributed by atoms with Crippen LogP contribution in [-0.4, -0.2) is 24.3 Å². The van der Waals surface area contributed by atoms with E-state index in [0.29, 0.717) is 12.5 Å². The zero-order chi connectivity index (χ0) is 12.2. The van der Waals surface area contributed by atoms with E-state index < -0.39 is 5.60 Å². The first kappa shape index (κ1) is 13.3. The van der Waals surface area contributed by atoms with Crippen molar-refractivity contribution in [3.8, 4) is 0 Å². The van der Waals surface area contributed by atoms with Crippen LogP contribution in [0.5, 0.6) is 0 Å². The number of rotatable bonds is 2. The van der Waals surface area contributed by atoms with Crippen LogP contribution in [0.2, 0.25) is 0 Å². The zero-order valence-electron chi connectivity index (χ0n) is 10.6. The Bertz CT molecular complexity index is 236. The van der Waals surface area contributed by atoms with Gasteiger partial charge in [0, 0.05) is 6.04 Å². The third-order valence-corrected chi connectivity index (χ3v) is 2.84. The summed E-state index contributed by atoms with van der Waals surface area (Å²) in [6.45, 7) is 6.33. The molecule has 0 aromatic rings. The lowest BCUT2D eigenvalue weighted by atomic mass is 9.86. The van der Waals surface area contributed by atoms with E-state index in [1.54, 1.807) is 0 Å². The van der Waals surface area contributed by atoms with E-state index in [4.69, 9.17) is 10.5 Å². The first-order valence-corrected chi connectivity index (χ1v) is 6.10. The van der Waals surface area contributed by atoms with E-state index in [1.807, 2.05) is 20.8 Å². The van der Waals surface area contributed by atoms with Gasteiger partial charge < -0.3 is 15.8 Å². The number of ether oxygens (including phenoxy) is 1. The number of hydrogen-bond acceptors (Lipinski definition) is 3. The molecule has 2 atom stereocenters. The Kier molecular flexibility index (Phi) is 4.59. The number of hydrogen-bond donors (Lipinski definition) is 2. The predicted octanol–water partition coefficient (Wildman–Crippen LogP) is 2.03. The molecule has 16 heavy (non-hydrogen) atoms. The van der Waals surface area contributed by atoms with Gasteiger partial charge in [-0.2, -0.15) is 0 Å². The fourth-order valence-electron chi connectivity index (χ4n) is 2.11. The van der Waals surface area contributed by atoms with Crippen LogP contribution in [0.1, 0.15) is 46.5 Å². The van der Waals surface area contributed by atoms with Crippen LogP contribution in [0.25, 0.3) is 0 Å². The summed E-state index contributed by atoms with van der Waals surface area (Å²) in [4.78, 5) is 11.6. The lowest BCUT2D eigenvalue weighted by molar-refractivity contribution is 0.0485. The summed E-state index contributed by atoms with van der Waals surface area (Å²) in [6.07, 6.45) is 4.03. The number of amides is 1. The van der Waals surface area contributed by atoms with Gasteiger partial charge in [-0.25, -0.2) is 4.79 Å². The van der Waals surface area contributed by atoms with Gasteiger partial charge in [-0.05, 0) is 52.5 Å². The second-order valence-electron chi connectivity index (χ2n) is 5.61. The molecular formula is C12H24N2O2. The normalized spacial score (nSPS) is 26.2. The van der Waals surface area contributed by atoms with Gasteiger partial charge in [0.1, 0.15) is 5.60 Å². The topological polar surface area (TPSA) is 64.3 Å². The van der Waals surface area contributed by atoms with E-state index in [9.17, 15) is 4.79 Å². The van der Waals surface area contributed by atoms with E-state index in [2.05, 4.69) is 5.32 Å². The Labute approximate surface area is 97.9 Å². The number of nitrogens with two attached hydrogens (primary N) is 1. The Morgan fingerprint density at radius 2 is 2.12 bits per heavy atom. The first-order chi connectivity index (χ1) is 7.40. The Hall–Kier alpha value is -0.770. The number of carbonyl (C=O) groups excluding carboxylic acids is 1. The maximum atomic E-state index is 11.6. The van der Waals surface area contributed by atoms with Crippen LogP contribution >= 0.6 is 0 Å². The highest BCUT2D eigenvalue weighted by molar-refractivity contribution is 5.68. The third kappa shape index (κ3) is 4.84. The molecule has 3 N–H and O–H groups in total. The molecule has 0 aromatic carbocycles. The molecule has 1 aliphatic carbocycles. The number of alkyl carbamates (subject to hydrolysis) is 1. The molecule has 0 saturated heterocycles. The van der Waals surface area contributed by atoms with Crippen LogP contribution in [-0.2, 0) is 4.74 Å². The highest BCUT2D eigenvalue weighted by Crippen LogP contribution is 2.23. The summed E-state index contributed by atoms with van der Waals surface area (Å²) >= 11 is 0. The molecule has 0 spiro atoms. The number of carbonyl (C=O) groups is 1. The van der Waals surface area contributed by atoms with Crippen LogP contribution in [0.4, 0.5) is 4.79 Å². The smallest absolute Gasteiger partial charge is 0.407 e. The van der Waals surface area contributed by atoms with Crippen LogP contribution in [0, 0.1) is 5.92 Å². The molecule has 1 saturated carbocycles. The fourth-order valence-corrected chi connectivity index (χ4v) is 2.11. The molecule has 4 nitrogen and oxygen atoms in total. The lowest BCUT2D eigenvalue weighted by Gasteiger charge is -2.30. The molecule has 0 bridgehead atoms. The van der Waals surface area contributed by atoms with E-state index in [0.717, 1.165) is 19.3 Å². The van der Waals surface area contributed by atoms with Crippen LogP contribution < -0.4 is 11.1 Å². The van der Waals surface area contributed by atoms with Gasteiger partial charge in [0.25, 0.3) is 0 Å². The SMILES string of the molecule is CC(C)(C)OC(=O)NC1CCCC(CN)C1. The monoisotopic (exact) mass is 228 g/mol. The van der Waals surface area contributed by atoms with E-state index in [1.165, 1.54) is 6.42 Å². The lowest BCUT2D eigenvalue weighted by Crippen LogP contribution is -2.42. The van der Waals surface area contributed by atoms with Crippen molar-refractivity contribution in [1.29, 1.82) is 0 Å². The van der Waals surface area contributed by atoms with Crippen molar-refractivity contribution in [3.63, 3.8) is 0 Å². The van der Waals surface area contributed by atoms with Gasteiger partial charge in [0.05, 0.1) is 0 Å². The Morgan fingerprint density at radius 1 is 1.44 bits per heavy atom. The zero-order valence-corrected chi connectivity index (χ0v) is 10.6. The Morgan fingerprint density at radius 3 is 2.69 bits per heavy atom. The minimum absolute atomic E-state index is 0.233. The molecule has 4 heteroatoms. The van der Waals surface area contributed by atoms with Crippen molar-refractivity contribution in [3.05, 3.63) is 0 Å². The van der Waals surface area contributed by atoms with Crippen molar-refractivity contribution in [2.45, 2.75) is 58.1 Å². The van der Waals surface area contributed by atoms with Crippen molar-refractivity contribution in [1.82, 2.24) is 5.32 Å². The predicted molar refractivity (Wildman–Crippen MR) is 64.2 cm³/mol. The average Bonchev–Trinajstić information content (AvgIpc) is 2.15. The molecule has 94 valence electrons. The minimum Gasteiger partial charge on any atom is -0.444 e. The minimum atomic E-state index is -0.425. The van der Waals surface area contributed by atoms with Gasteiger partial charge in [0.2, 0.25) is 0 Å². The largest absolute Gasteiger partial charge is 0.444 e. The highest BCUT2D eigenvalue weighted by Gasteiger charge is 2.24. The van der Waals surface area contributed by atoms with Gasteiger partial charge in [-0.15, -0.1) is 0 Å². The molecular weight excluding hydrogens is 204 g/mol. The molecule has 1 fully saturated rings. The van der Waals surface area contributed by atoms with Gasteiger partial charge in [-0.1, -0.05) is 6.42 Å². The fraction of sp³-hybridized carbons (Fsp3) is 0.917. The van der Waals surface area contributed by atoms with Crippen molar-refractivity contribution < 1.29 is 9.53 Å². The summed E-state index contributed by atoms with van der Waals surface area (Å²) in [5.74, 6) is 0.550. The van der Waals surface area contributed by atoms with Crippen molar-refractivity contribution >= 4 is 6.09 Å². The van der Waals surface area contributed by atoms with Crippen molar-refractivity contribution in [2.24, 2.45) is 11.7 Å². The molecule has 0 heterocycles. The second kappa shape index (κ2) is 5.53. The molecule has 0 aliphatic heterocycles. The molecule has 2 unspecified atom stereocenters. The summed E-state index contributed by atoms with van der Waals surface area (Å²) in [5.41, 5.74) is 5.23. The van der Waals surface area contributed by atoms with E-state index >= 15 is 0 Å². The maximum absolute atomic E-state index is 11.6. The van der Waals surface area contributed by atoms with Gasteiger partial charge >= 0.3 is 6.09 Å². The first-order valence-electron chi connectivity index (χ1n) is 6.10. The summed E-state index contributed by atoms with van der Waals surface area (Å²) < 4.78 is 5.23. The standard InChI is InChI=1S/C12H24N2O2/c1-12(2,3)16-11(15)14-10-6-4-5-9(7-10)8-13/h9-10H,4-8,13H2,1-3H3,(H,14,15). The second-order valence-corrected chi connectivity index (χ2v) is 5.61. The quantitative estimate of drug-likeness (QED) is 0.760. The van der Waals surface area contributed by atoms with Crippen LogP contribution in [0.3, 0.4) is 0 Å². The van der Waals surface area contributed by atoms with E-state index in [-0.39, 0.29) is 12.1 Å². The highest BCUT2D eigenvalue weighted by atomic mass is 16.6. The molecule has 1 rings (SSSR count). The van der Waals surface area contributed by atoms with Crippen molar-refractivity contribution in [2.75, 3.05) is 6.54 Å². The average molecular weight is 228 g/mol. The van der Waals surface area contributed by atoms with Gasteiger partial charge in [-0.3, -0.25) is 0 Å². The molecule has 0 aromatic heterocycles. The maximum Gasteiger partial charge on any atom is 0.407 e. The third-order valence-electron chi connectivity index (χ3n) is 2.84. The van der Waals surface area contributed by atoms with Crippen LogP contribution in [0.15, 0.2) is 0 Å². The summed E-state index contributed by atoms with van der Waals surface area (Å²) in [5, 5.41) is 2.92. The summed E-state index contributed by atoms with van der Waals surface area (Å²) in [7, 11) is 0. The molecule has 0 radical (unpaired) electrons. The molecule has 1 aliphatic rings. The number of nitrogens with one attached hydrogen (secondary N) is 1. The van der Waals surface area contributed by atoms with Gasteiger partial charge in [0.15, 0.2) is 0 Å². The summed E-state index contributed by atoms with van der Waals surface area (Å²) in [6, 6.07) is 0.233. The Balaban J connectivity index is 2.33.